The largest absolute Gasteiger partial charge is 0.372 e. The molecule has 0 unspecified atom stereocenters. The van der Waals surface area contributed by atoms with Crippen molar-refractivity contribution in [2.24, 2.45) is 0 Å². The molecule has 0 fully saturated rings. The maximum Gasteiger partial charge on any atom is 0.139 e. The van der Waals surface area contributed by atoms with Gasteiger partial charge in [0.25, 0.3) is 0 Å². The monoisotopic (exact) mass is 269 g/mol. The summed E-state index contributed by atoms with van der Waals surface area (Å²) in [6, 6.07) is 14.0. The molecular formula is C16H16FN3. The van der Waals surface area contributed by atoms with Crippen molar-refractivity contribution in [3.63, 3.8) is 0 Å². The third-order valence-corrected chi connectivity index (χ3v) is 3.37. The Morgan fingerprint density at radius 1 is 1.20 bits per heavy atom. The molecule has 0 saturated heterocycles. The molecule has 4 heteroatoms. The summed E-state index contributed by atoms with van der Waals surface area (Å²) in [4.78, 5) is 6.51. The molecule has 3 rings (SSSR count). The van der Waals surface area contributed by atoms with Crippen LogP contribution in [0.3, 0.4) is 0 Å². The van der Waals surface area contributed by atoms with E-state index in [1.54, 1.807) is 0 Å². The molecule has 3 nitrogen and oxygen atoms in total. The van der Waals surface area contributed by atoms with Gasteiger partial charge in [0.2, 0.25) is 0 Å². The van der Waals surface area contributed by atoms with Gasteiger partial charge in [-0.25, -0.2) is 9.37 Å². The van der Waals surface area contributed by atoms with Gasteiger partial charge in [0.15, 0.2) is 0 Å². The van der Waals surface area contributed by atoms with E-state index >= 15 is 0 Å². The third kappa shape index (κ3) is 2.37. The minimum absolute atomic E-state index is 0.356. The summed E-state index contributed by atoms with van der Waals surface area (Å²) >= 11 is 0. The number of rotatable bonds is 4. The molecule has 0 amide bonds. The van der Waals surface area contributed by atoms with Crippen LogP contribution in [0, 0.1) is 0 Å². The van der Waals surface area contributed by atoms with Crippen molar-refractivity contribution < 1.29 is 4.39 Å². The maximum absolute atomic E-state index is 12.4. The summed E-state index contributed by atoms with van der Waals surface area (Å²) in [5.74, 6) is 0. The Kier molecular flexibility index (Phi) is 3.37. The molecule has 0 atom stereocenters. The van der Waals surface area contributed by atoms with Crippen LogP contribution in [0.15, 0.2) is 54.9 Å². The zero-order valence-electron chi connectivity index (χ0n) is 11.3. The van der Waals surface area contributed by atoms with Gasteiger partial charge in [-0.2, -0.15) is 0 Å². The van der Waals surface area contributed by atoms with Crippen LogP contribution < -0.4 is 4.90 Å². The van der Waals surface area contributed by atoms with Crippen LogP contribution in [-0.4, -0.2) is 29.7 Å². The van der Waals surface area contributed by atoms with Gasteiger partial charge in [0.05, 0.1) is 5.69 Å². The van der Waals surface area contributed by atoms with Crippen molar-refractivity contribution in [2.75, 3.05) is 25.2 Å². The first-order valence-electron chi connectivity index (χ1n) is 6.59. The van der Waals surface area contributed by atoms with E-state index in [1.165, 1.54) is 0 Å². The van der Waals surface area contributed by atoms with Crippen molar-refractivity contribution in [1.29, 1.82) is 0 Å². The predicted octanol–water partition coefficient (Wildman–Crippen LogP) is 3.41. The zero-order valence-corrected chi connectivity index (χ0v) is 11.3. The zero-order chi connectivity index (χ0) is 13.9. The van der Waals surface area contributed by atoms with Crippen LogP contribution in [0.2, 0.25) is 0 Å². The summed E-state index contributed by atoms with van der Waals surface area (Å²) in [5, 5.41) is 0. The van der Waals surface area contributed by atoms with Crippen LogP contribution in [-0.2, 0) is 0 Å². The van der Waals surface area contributed by atoms with Crippen LogP contribution in [0.5, 0.6) is 0 Å². The van der Waals surface area contributed by atoms with Gasteiger partial charge in [0.1, 0.15) is 12.3 Å². The molecule has 2 heterocycles. The number of benzene rings is 1. The summed E-state index contributed by atoms with van der Waals surface area (Å²) in [6.45, 7) is 0.0355. The number of aromatic nitrogens is 2. The van der Waals surface area contributed by atoms with E-state index in [1.807, 2.05) is 71.2 Å². The Morgan fingerprint density at radius 3 is 2.75 bits per heavy atom. The van der Waals surface area contributed by atoms with Crippen LogP contribution in [0.4, 0.5) is 10.1 Å². The van der Waals surface area contributed by atoms with Crippen LogP contribution in [0.25, 0.3) is 16.9 Å². The molecule has 0 aliphatic carbocycles. The number of pyridine rings is 1. The molecule has 1 aromatic carbocycles. The third-order valence-electron chi connectivity index (χ3n) is 3.37. The molecule has 0 aliphatic rings. The Hall–Kier alpha value is -2.36. The van der Waals surface area contributed by atoms with E-state index in [0.29, 0.717) is 6.54 Å². The molecule has 3 aromatic rings. The van der Waals surface area contributed by atoms with E-state index in [-0.39, 0.29) is 6.67 Å². The Morgan fingerprint density at radius 2 is 2.00 bits per heavy atom. The maximum atomic E-state index is 12.4. The lowest BCUT2D eigenvalue weighted by molar-refractivity contribution is 0.497. The second-order valence-corrected chi connectivity index (χ2v) is 4.75. The Balaban J connectivity index is 1.99. The summed E-state index contributed by atoms with van der Waals surface area (Å²) < 4.78 is 14.4. The molecule has 0 saturated carbocycles. The van der Waals surface area contributed by atoms with Crippen molar-refractivity contribution in [1.82, 2.24) is 9.38 Å². The molecule has 0 radical (unpaired) electrons. The number of nitrogens with zero attached hydrogens (tertiary/aromatic N) is 3. The standard InChI is InChI=1S/C16H16FN3/c1-19(10-8-17)14-7-9-20-12-15(18-16(20)11-14)13-5-3-2-4-6-13/h2-7,9,11-12H,8,10H2,1H3. The summed E-state index contributed by atoms with van der Waals surface area (Å²) in [6.07, 6.45) is 3.96. The fraction of sp³-hybridized carbons (Fsp3) is 0.188. The fourth-order valence-corrected chi connectivity index (χ4v) is 2.21. The number of hydrogen-bond acceptors (Lipinski definition) is 2. The van der Waals surface area contributed by atoms with Gasteiger partial charge >= 0.3 is 0 Å². The molecule has 0 bridgehead atoms. The minimum atomic E-state index is -0.356. The molecule has 102 valence electrons. The molecule has 0 spiro atoms. The van der Waals surface area contributed by atoms with Crippen molar-refractivity contribution in [3.05, 3.63) is 54.9 Å². The Labute approximate surface area is 117 Å². The summed E-state index contributed by atoms with van der Waals surface area (Å²) in [7, 11) is 1.88. The van der Waals surface area contributed by atoms with Gasteiger partial charge in [-0.1, -0.05) is 30.3 Å². The van der Waals surface area contributed by atoms with Gasteiger partial charge in [0, 0.05) is 43.3 Å². The SMILES string of the molecule is CN(CCF)c1ccn2cc(-c3ccccc3)nc2c1. The topological polar surface area (TPSA) is 20.5 Å². The van der Waals surface area contributed by atoms with E-state index in [9.17, 15) is 4.39 Å². The molecular weight excluding hydrogens is 253 g/mol. The van der Waals surface area contributed by atoms with E-state index in [0.717, 1.165) is 22.6 Å². The smallest absolute Gasteiger partial charge is 0.139 e. The second-order valence-electron chi connectivity index (χ2n) is 4.75. The summed E-state index contributed by atoms with van der Waals surface area (Å²) in [5.41, 5.74) is 3.87. The lowest BCUT2D eigenvalue weighted by Gasteiger charge is -2.17. The highest BCUT2D eigenvalue weighted by Gasteiger charge is 2.06. The number of anilines is 1. The highest BCUT2D eigenvalue weighted by molar-refractivity contribution is 5.65. The number of alkyl halides is 1. The highest BCUT2D eigenvalue weighted by atomic mass is 19.1. The fourth-order valence-electron chi connectivity index (χ4n) is 2.21. The first kappa shape index (κ1) is 12.7. The van der Waals surface area contributed by atoms with E-state index < -0.39 is 0 Å². The van der Waals surface area contributed by atoms with E-state index in [2.05, 4.69) is 4.98 Å². The Bertz CT molecular complexity index is 706. The molecule has 0 N–H and O–H groups in total. The predicted molar refractivity (Wildman–Crippen MR) is 79.9 cm³/mol. The number of imidazole rings is 1. The van der Waals surface area contributed by atoms with Crippen molar-refractivity contribution in [2.45, 2.75) is 0 Å². The first-order valence-corrected chi connectivity index (χ1v) is 6.59. The van der Waals surface area contributed by atoms with Gasteiger partial charge < -0.3 is 9.30 Å². The molecule has 0 aliphatic heterocycles. The normalized spacial score (nSPS) is 10.9. The van der Waals surface area contributed by atoms with Gasteiger partial charge in [-0.3, -0.25) is 0 Å². The lowest BCUT2D eigenvalue weighted by Crippen LogP contribution is -2.19. The second kappa shape index (κ2) is 5.33. The van der Waals surface area contributed by atoms with Crippen LogP contribution in [0.1, 0.15) is 0 Å². The molecule has 20 heavy (non-hydrogen) atoms. The highest BCUT2D eigenvalue weighted by Crippen LogP contribution is 2.21. The quantitative estimate of drug-likeness (QED) is 0.723. The van der Waals surface area contributed by atoms with E-state index in [4.69, 9.17) is 0 Å². The van der Waals surface area contributed by atoms with Gasteiger partial charge in [-0.15, -0.1) is 0 Å². The average Bonchev–Trinajstić information content (AvgIpc) is 2.91. The van der Waals surface area contributed by atoms with Crippen molar-refractivity contribution >= 4 is 11.3 Å². The van der Waals surface area contributed by atoms with Crippen molar-refractivity contribution in [3.8, 4) is 11.3 Å². The number of fused-ring (bicyclic) bond motifs is 1. The molecule has 2 aromatic heterocycles. The number of hydrogen-bond donors (Lipinski definition) is 0. The number of halogens is 1. The lowest BCUT2D eigenvalue weighted by atomic mass is 10.2. The first-order chi connectivity index (χ1) is 9.78. The van der Waals surface area contributed by atoms with Crippen LogP contribution >= 0.6 is 0 Å². The van der Waals surface area contributed by atoms with Gasteiger partial charge in [-0.05, 0) is 6.07 Å². The minimum Gasteiger partial charge on any atom is -0.372 e. The average molecular weight is 269 g/mol.